The van der Waals surface area contributed by atoms with Gasteiger partial charge in [0.05, 0.1) is 0 Å². The molecule has 34 heavy (non-hydrogen) atoms. The van der Waals surface area contributed by atoms with Crippen molar-refractivity contribution in [3.63, 3.8) is 0 Å². The van der Waals surface area contributed by atoms with Crippen molar-refractivity contribution in [2.75, 3.05) is 6.61 Å². The molecular formula is C27H32N2O5. The first-order valence-corrected chi connectivity index (χ1v) is 12.1. The van der Waals surface area contributed by atoms with Crippen LogP contribution in [0.4, 0.5) is 4.79 Å². The molecule has 0 spiro atoms. The Hall–Kier alpha value is -3.35. The maximum Gasteiger partial charge on any atom is 0.407 e. The fourth-order valence-corrected chi connectivity index (χ4v) is 5.28. The Labute approximate surface area is 199 Å². The van der Waals surface area contributed by atoms with Gasteiger partial charge in [-0.3, -0.25) is 9.59 Å². The predicted molar refractivity (Wildman–Crippen MR) is 128 cm³/mol. The standard InChI is InChI=1S/C27H32N2O5/c1-2-7-24(26(32)28-18-13-12-17(14-18)15-25(30)31)29-27(33)34-16-23-21-10-5-3-8-19(21)20-9-4-6-11-22(20)23/h3-6,8-11,17-18,23-24H,2,7,12-16H2,1H3,(H,28,32)(H,29,33)(H,30,31). The van der Waals surface area contributed by atoms with E-state index in [1.54, 1.807) is 0 Å². The maximum absolute atomic E-state index is 12.8. The lowest BCUT2D eigenvalue weighted by Crippen LogP contribution is -2.49. The number of aliphatic carboxylic acids is 1. The maximum atomic E-state index is 12.8. The van der Waals surface area contributed by atoms with E-state index in [2.05, 4.69) is 34.9 Å². The van der Waals surface area contributed by atoms with E-state index in [4.69, 9.17) is 9.84 Å². The number of benzene rings is 2. The van der Waals surface area contributed by atoms with Crippen molar-refractivity contribution < 1.29 is 24.2 Å². The van der Waals surface area contributed by atoms with E-state index in [-0.39, 0.29) is 36.8 Å². The number of ether oxygens (including phenoxy) is 1. The highest BCUT2D eigenvalue weighted by Crippen LogP contribution is 2.44. The van der Waals surface area contributed by atoms with Crippen molar-refractivity contribution in [1.82, 2.24) is 10.6 Å². The van der Waals surface area contributed by atoms with Crippen LogP contribution < -0.4 is 10.6 Å². The van der Waals surface area contributed by atoms with Crippen molar-refractivity contribution in [2.24, 2.45) is 5.92 Å². The van der Waals surface area contributed by atoms with Crippen LogP contribution >= 0.6 is 0 Å². The highest BCUT2D eigenvalue weighted by molar-refractivity contribution is 5.86. The monoisotopic (exact) mass is 464 g/mol. The molecule has 0 bridgehead atoms. The number of carboxylic acid groups (broad SMARTS) is 1. The van der Waals surface area contributed by atoms with Crippen LogP contribution in [0.25, 0.3) is 11.1 Å². The third kappa shape index (κ3) is 5.41. The first-order chi connectivity index (χ1) is 16.5. The fourth-order valence-electron chi connectivity index (χ4n) is 5.28. The van der Waals surface area contributed by atoms with Gasteiger partial charge in [0.2, 0.25) is 5.91 Å². The number of hydrogen-bond donors (Lipinski definition) is 3. The number of hydrogen-bond acceptors (Lipinski definition) is 4. The molecule has 0 heterocycles. The minimum Gasteiger partial charge on any atom is -0.481 e. The van der Waals surface area contributed by atoms with Crippen LogP contribution in [0.2, 0.25) is 0 Å². The topological polar surface area (TPSA) is 105 Å². The summed E-state index contributed by atoms with van der Waals surface area (Å²) in [5.41, 5.74) is 4.59. The van der Waals surface area contributed by atoms with Gasteiger partial charge in [-0.05, 0) is 53.9 Å². The average molecular weight is 465 g/mol. The number of fused-ring (bicyclic) bond motifs is 3. The lowest BCUT2D eigenvalue weighted by molar-refractivity contribution is -0.138. The molecule has 3 unspecified atom stereocenters. The molecule has 1 saturated carbocycles. The molecule has 0 radical (unpaired) electrons. The molecule has 7 nitrogen and oxygen atoms in total. The molecule has 2 aromatic carbocycles. The Morgan fingerprint density at radius 1 is 1.03 bits per heavy atom. The van der Waals surface area contributed by atoms with E-state index in [0.717, 1.165) is 41.5 Å². The fraction of sp³-hybridized carbons (Fsp3) is 0.444. The summed E-state index contributed by atoms with van der Waals surface area (Å²) in [5, 5.41) is 14.7. The van der Waals surface area contributed by atoms with Crippen molar-refractivity contribution in [2.45, 2.75) is 63.5 Å². The van der Waals surface area contributed by atoms with Gasteiger partial charge in [-0.2, -0.15) is 0 Å². The lowest BCUT2D eigenvalue weighted by Gasteiger charge is -2.21. The Morgan fingerprint density at radius 2 is 1.68 bits per heavy atom. The largest absolute Gasteiger partial charge is 0.481 e. The summed E-state index contributed by atoms with van der Waals surface area (Å²) in [6.07, 6.45) is 2.95. The summed E-state index contributed by atoms with van der Waals surface area (Å²) < 4.78 is 5.60. The van der Waals surface area contributed by atoms with Crippen LogP contribution in [0, 0.1) is 5.92 Å². The first kappa shape index (κ1) is 23.8. The van der Waals surface area contributed by atoms with Crippen molar-refractivity contribution in [1.29, 1.82) is 0 Å². The molecule has 7 heteroatoms. The molecule has 0 aliphatic heterocycles. The Bertz CT molecular complexity index is 1010. The van der Waals surface area contributed by atoms with Crippen LogP contribution in [0.1, 0.15) is 62.5 Å². The molecule has 180 valence electrons. The average Bonchev–Trinajstić information content (AvgIpc) is 3.38. The van der Waals surface area contributed by atoms with Crippen LogP contribution in [0.5, 0.6) is 0 Å². The lowest BCUT2D eigenvalue weighted by atomic mass is 9.98. The second-order valence-electron chi connectivity index (χ2n) is 9.29. The minimum absolute atomic E-state index is 0.0405. The van der Waals surface area contributed by atoms with Crippen LogP contribution in [-0.2, 0) is 14.3 Å². The zero-order valence-electron chi connectivity index (χ0n) is 19.5. The van der Waals surface area contributed by atoms with Crippen LogP contribution in [0.15, 0.2) is 48.5 Å². The second-order valence-corrected chi connectivity index (χ2v) is 9.29. The molecule has 4 rings (SSSR count). The predicted octanol–water partition coefficient (Wildman–Crippen LogP) is 4.45. The molecule has 3 atom stereocenters. The van der Waals surface area contributed by atoms with Crippen LogP contribution in [0.3, 0.4) is 0 Å². The Balaban J connectivity index is 1.33. The summed E-state index contributed by atoms with van der Waals surface area (Å²) in [6, 6.07) is 15.6. The van der Waals surface area contributed by atoms with E-state index < -0.39 is 18.1 Å². The Morgan fingerprint density at radius 3 is 2.29 bits per heavy atom. The quantitative estimate of drug-likeness (QED) is 0.508. The van der Waals surface area contributed by atoms with Gasteiger partial charge < -0.3 is 20.5 Å². The Kier molecular flexibility index (Phi) is 7.50. The van der Waals surface area contributed by atoms with E-state index in [1.165, 1.54) is 0 Å². The number of carbonyl (C=O) groups is 3. The third-order valence-electron chi connectivity index (χ3n) is 6.88. The van der Waals surface area contributed by atoms with Gasteiger partial charge in [0.25, 0.3) is 0 Å². The molecule has 2 aromatic rings. The summed E-state index contributed by atoms with van der Waals surface area (Å²) in [7, 11) is 0. The zero-order valence-corrected chi connectivity index (χ0v) is 19.5. The summed E-state index contributed by atoms with van der Waals surface area (Å²) in [4.78, 5) is 36.4. The minimum atomic E-state index is -0.808. The molecule has 2 aliphatic carbocycles. The normalized spacial score (nSPS) is 19.7. The molecule has 0 aromatic heterocycles. The van der Waals surface area contributed by atoms with Gasteiger partial charge in [-0.25, -0.2) is 4.79 Å². The summed E-state index contributed by atoms with van der Waals surface area (Å²) >= 11 is 0. The molecule has 0 saturated heterocycles. The smallest absolute Gasteiger partial charge is 0.407 e. The summed E-state index contributed by atoms with van der Waals surface area (Å²) in [6.45, 7) is 2.15. The van der Waals surface area contributed by atoms with Crippen molar-refractivity contribution in [3.8, 4) is 11.1 Å². The zero-order chi connectivity index (χ0) is 24.1. The van der Waals surface area contributed by atoms with E-state index in [0.29, 0.717) is 12.8 Å². The van der Waals surface area contributed by atoms with E-state index >= 15 is 0 Å². The molecular weight excluding hydrogens is 432 g/mol. The molecule has 2 aliphatic rings. The molecule has 2 amide bonds. The highest BCUT2D eigenvalue weighted by Gasteiger charge is 2.31. The number of carboxylic acids is 1. The van der Waals surface area contributed by atoms with Crippen LogP contribution in [-0.4, -0.2) is 41.8 Å². The highest BCUT2D eigenvalue weighted by atomic mass is 16.5. The number of rotatable bonds is 9. The van der Waals surface area contributed by atoms with Gasteiger partial charge in [0.1, 0.15) is 12.6 Å². The van der Waals surface area contributed by atoms with Gasteiger partial charge in [-0.15, -0.1) is 0 Å². The first-order valence-electron chi connectivity index (χ1n) is 12.1. The SMILES string of the molecule is CCCC(NC(=O)OCC1c2ccccc2-c2ccccc21)C(=O)NC1CCC(CC(=O)O)C1. The summed E-state index contributed by atoms with van der Waals surface area (Å²) in [5.74, 6) is -1.00. The molecule has 3 N–H and O–H groups in total. The van der Waals surface area contributed by atoms with Gasteiger partial charge in [0.15, 0.2) is 0 Å². The number of amides is 2. The molecule has 1 fully saturated rings. The number of nitrogens with one attached hydrogen (secondary N) is 2. The number of carbonyl (C=O) groups excluding carboxylic acids is 2. The second kappa shape index (κ2) is 10.7. The van der Waals surface area contributed by atoms with Gasteiger partial charge in [0, 0.05) is 18.4 Å². The van der Waals surface area contributed by atoms with Crippen molar-refractivity contribution >= 4 is 18.0 Å². The third-order valence-corrected chi connectivity index (χ3v) is 6.88. The van der Waals surface area contributed by atoms with Gasteiger partial charge >= 0.3 is 12.1 Å². The van der Waals surface area contributed by atoms with E-state index in [9.17, 15) is 14.4 Å². The van der Waals surface area contributed by atoms with Crippen molar-refractivity contribution in [3.05, 3.63) is 59.7 Å². The van der Waals surface area contributed by atoms with E-state index in [1.807, 2.05) is 31.2 Å². The number of alkyl carbamates (subject to hydrolysis) is 1. The van der Waals surface area contributed by atoms with Gasteiger partial charge in [-0.1, -0.05) is 61.9 Å².